The Morgan fingerprint density at radius 1 is 0.117 bits per heavy atom. The maximum absolute atomic E-state index is 9.53. The smallest absolute Gasteiger partial charge is 2.00 e. The predicted octanol–water partition coefficient (Wildman–Crippen LogP) is -19.3. The van der Waals surface area contributed by atoms with E-state index in [0.29, 0.717) is 0 Å². The molecule has 0 fully saturated rings. The van der Waals surface area contributed by atoms with E-state index in [1.54, 1.807) is 166 Å². The van der Waals surface area contributed by atoms with E-state index in [2.05, 4.69) is 0 Å². The van der Waals surface area contributed by atoms with Gasteiger partial charge in [0.1, 0.15) is 0 Å². The number of hydrogen-bond acceptors (Lipinski definition) is 36. The molecule has 60 heteroatoms. The van der Waals surface area contributed by atoms with Gasteiger partial charge >= 0.3 is 261 Å². The molecule has 0 radical (unpaired) electrons. The van der Waals surface area contributed by atoms with E-state index in [1.807, 2.05) is 0 Å². The third-order valence-electron chi connectivity index (χ3n) is 0. The molecule has 0 atom stereocenters. The van der Waals surface area contributed by atoms with Crippen LogP contribution in [0.3, 0.4) is 0 Å². The summed E-state index contributed by atoms with van der Waals surface area (Å²) in [7, 11) is 0. The molecule has 48 nitrogen and oxygen atoms in total. The molecule has 0 heterocycles. The quantitative estimate of drug-likeness (QED) is 0.203. The van der Waals surface area contributed by atoms with E-state index in [1.165, 1.54) is 0 Å². The van der Waals surface area contributed by atoms with Crippen molar-refractivity contribution in [1.82, 2.24) is 0 Å². The van der Waals surface area contributed by atoms with Crippen LogP contribution in [0, 0.1) is 0 Å². The van der Waals surface area contributed by atoms with Crippen molar-refractivity contribution in [3.8, 4) is 0 Å². The summed E-state index contributed by atoms with van der Waals surface area (Å²) in [5, 5.41) is 221. The number of carbonyl (C=O) groups is 12. The minimum Gasteiger partial charge on any atom is -2.00 e. The van der Waals surface area contributed by atoms with Crippen LogP contribution in [0.5, 0.6) is 0 Å². The summed E-state index contributed by atoms with van der Waals surface area (Å²) in [6.45, 7) is 50.3. The number of carboxylic acids is 12. The van der Waals surface area contributed by atoms with Crippen LogP contribution in [-0.2, 0) is 384 Å². The summed E-state index contributed by atoms with van der Waals surface area (Å²) in [6.07, 6.45) is -5.00. The van der Waals surface area contributed by atoms with Gasteiger partial charge in [0.05, 0.1) is 0 Å². The Morgan fingerprint density at radius 2 is 0.117 bits per heavy atom. The van der Waals surface area contributed by atoms with E-state index < -0.39 is 145 Å². The fourth-order valence-electron chi connectivity index (χ4n) is 0. The summed E-state index contributed by atoms with van der Waals surface area (Å²) >= 11 is 0. The maximum atomic E-state index is 9.53. The van der Waals surface area contributed by atoms with Crippen molar-refractivity contribution in [3.63, 3.8) is 0 Å². The first kappa shape index (κ1) is 327. The standard InChI is InChI=1S/12C3H7O.12C2H4O2.12O.12Ti/c12*1-3(2)4;12*1-2(3)4;;;;;;;;;;;;;;;;;;;;;;;;/h12*3H,1-2H3;12*1H3,(H,3,4);;;;;;;;;;;;;;;;;;;;;;;;/q12*-1;;;;;;;;;;;;;12*-2;12*+4/p-12. The zero-order valence-corrected chi connectivity index (χ0v) is 93.3. The van der Waals surface area contributed by atoms with E-state index >= 15 is 0 Å². The summed E-state index contributed by atoms with van der Waals surface area (Å²) in [6, 6.07) is 0. The minimum absolute atomic E-state index is 0. The van der Waals surface area contributed by atoms with E-state index in [9.17, 15) is 61.3 Å². The SMILES string of the molecule is CC(=O)[O-].CC(=O)[O-].CC(=O)[O-].CC(=O)[O-].CC(=O)[O-].CC(=O)[O-].CC(=O)[O-].CC(=O)[O-].CC(=O)[O-].CC(=O)[O-].CC(=O)[O-].CC(=O)[O-].CC(C)[O-].CC(C)[O-].CC(C)[O-].CC(C)[O-].CC(C)[O-].CC(C)[O-].CC(C)[O-].CC(C)[O-].CC(C)[O-].CC(C)[O-].CC(C)[O-].CC(C)[O-].[O-2].[O-2].[O-2].[O-2].[O-2].[O-2].[O-2].[O-2].[O-2].[O-2].[O-2].[O-2].[Ti+4].[Ti+4].[Ti+4].[Ti+4].[Ti+4].[Ti+4].[Ti+4].[Ti+4].[Ti+4].[Ti+4].[Ti+4].[Ti+4]. The van der Waals surface area contributed by atoms with Gasteiger partial charge in [0.25, 0.3) is 0 Å². The molecule has 0 unspecified atom stereocenters. The molecule has 0 saturated heterocycles. The van der Waals surface area contributed by atoms with Crippen molar-refractivity contribution in [2.45, 2.75) is 323 Å². The number of rotatable bonds is 0. The van der Waals surface area contributed by atoms with Crippen LogP contribution in [0.4, 0.5) is 0 Å². The molecule has 0 rings (SSSR count). The average Bonchev–Trinajstić information content (AvgIpc) is 3.12. The fraction of sp³-hybridized carbons (Fsp3) is 0.800. The topological polar surface area (TPSA) is 1100 Å². The average molecular weight is 2180 g/mol. The Bertz CT molecular complexity index is 1080. The van der Waals surface area contributed by atoms with E-state index in [-0.39, 0.29) is 326 Å². The molecular formula is C60H120O48Ti12. The molecule has 120 heavy (non-hydrogen) atoms. The first-order valence-electron chi connectivity index (χ1n) is 27.6. The zero-order chi connectivity index (χ0) is 85.9. The largest absolute Gasteiger partial charge is 4.00 e. The van der Waals surface area contributed by atoms with Crippen LogP contribution in [-0.4, -0.2) is 145 Å². The predicted molar refractivity (Wildman–Crippen MR) is 318 cm³/mol. The zero-order valence-electron chi connectivity index (χ0n) is 74.5. The Kier molecular flexibility index (Phi) is 868. The number of hydrogen-bond donors (Lipinski definition) is 0. The van der Waals surface area contributed by atoms with Crippen molar-refractivity contribution < 1.29 is 506 Å². The summed E-state index contributed by atoms with van der Waals surface area (Å²) in [5.74, 6) is -13.0. The molecule has 0 aliphatic rings. The Hall–Kier alpha value is 1.25. The fourth-order valence-corrected chi connectivity index (χ4v) is 0. The van der Waals surface area contributed by atoms with Crippen molar-refractivity contribution >= 4 is 71.6 Å². The van der Waals surface area contributed by atoms with Crippen LogP contribution >= 0.6 is 0 Å². The van der Waals surface area contributed by atoms with Crippen LogP contribution in [0.25, 0.3) is 0 Å². The normalized spacial score (nSPS) is 6.10. The van der Waals surface area contributed by atoms with Crippen molar-refractivity contribution in [2.24, 2.45) is 0 Å². The molecule has 0 aromatic rings. The summed E-state index contributed by atoms with van der Waals surface area (Å²) in [5.41, 5.74) is 0. The molecule has 0 saturated carbocycles. The molecule has 0 aromatic heterocycles. The van der Waals surface area contributed by atoms with Gasteiger partial charge in [-0.15, -0.1) is 73.2 Å². The van der Waals surface area contributed by atoms with Gasteiger partial charge in [0, 0.05) is 71.6 Å². The molecular weight excluding hydrogens is 2060 g/mol. The van der Waals surface area contributed by atoms with Crippen LogP contribution < -0.4 is 123 Å². The van der Waals surface area contributed by atoms with Gasteiger partial charge in [-0.05, 0) is 83.1 Å². The molecule has 0 aliphatic carbocycles. The second-order valence-corrected chi connectivity index (χ2v) is 18.5. The van der Waals surface area contributed by atoms with E-state index in [4.69, 9.17) is 119 Å². The monoisotopic (exact) mass is 2180 g/mol. The van der Waals surface area contributed by atoms with Gasteiger partial charge in [0.2, 0.25) is 0 Å². The molecule has 0 spiro atoms. The first-order chi connectivity index (χ1) is 41.6. The molecule has 0 aromatic carbocycles. The number of aliphatic carboxylic acids is 12. The third-order valence-corrected chi connectivity index (χ3v) is 0. The molecule has 0 amide bonds. The van der Waals surface area contributed by atoms with Gasteiger partial charge in [-0.1, -0.05) is 166 Å². The van der Waals surface area contributed by atoms with Crippen LogP contribution in [0.1, 0.15) is 249 Å². The third kappa shape index (κ3) is 1060000. The Balaban J connectivity index is -0.00000000972. The molecule has 0 bridgehead atoms. The second kappa shape index (κ2) is 319. The minimum atomic E-state index is -1.08. The molecule has 696 valence electrons. The van der Waals surface area contributed by atoms with Gasteiger partial charge in [0.15, 0.2) is 0 Å². The van der Waals surface area contributed by atoms with Gasteiger partial charge in [-0.25, -0.2) is 0 Å². The maximum Gasteiger partial charge on any atom is 4.00 e. The molecule has 0 N–H and O–H groups in total. The number of carboxylic acid groups (broad SMARTS) is 12. The Labute approximate surface area is 890 Å². The summed E-state index contributed by atoms with van der Waals surface area (Å²) < 4.78 is 0. The second-order valence-electron chi connectivity index (χ2n) is 18.5. The Morgan fingerprint density at radius 3 is 0.117 bits per heavy atom. The summed E-state index contributed by atoms with van der Waals surface area (Å²) in [4.78, 5) is 107. The van der Waals surface area contributed by atoms with Crippen LogP contribution in [0.2, 0.25) is 0 Å². The van der Waals surface area contributed by atoms with Gasteiger partial charge < -0.3 is 246 Å². The molecule has 0 aliphatic heterocycles. The van der Waals surface area contributed by atoms with Gasteiger partial charge in [-0.2, -0.15) is 0 Å². The van der Waals surface area contributed by atoms with Crippen molar-refractivity contribution in [2.75, 3.05) is 0 Å². The van der Waals surface area contributed by atoms with Crippen molar-refractivity contribution in [3.05, 3.63) is 0 Å². The van der Waals surface area contributed by atoms with E-state index in [0.717, 1.165) is 83.1 Å². The van der Waals surface area contributed by atoms with Gasteiger partial charge in [-0.3, -0.25) is 0 Å². The van der Waals surface area contributed by atoms with Crippen molar-refractivity contribution in [1.29, 1.82) is 0 Å². The number of carbonyl (C=O) groups excluding carboxylic acids is 12. The first-order valence-corrected chi connectivity index (χ1v) is 27.6. The van der Waals surface area contributed by atoms with Crippen LogP contribution in [0.15, 0.2) is 0 Å².